The van der Waals surface area contributed by atoms with Crippen LogP contribution in [-0.2, 0) is 9.59 Å². The van der Waals surface area contributed by atoms with Crippen LogP contribution in [-0.4, -0.2) is 34.2 Å². The van der Waals surface area contributed by atoms with Crippen LogP contribution in [0.5, 0.6) is 0 Å². The highest BCUT2D eigenvalue weighted by molar-refractivity contribution is 5.85. The first-order valence-corrected chi connectivity index (χ1v) is 7.89. The molecule has 5 heteroatoms. The van der Waals surface area contributed by atoms with Crippen molar-refractivity contribution in [1.82, 2.24) is 5.32 Å². The lowest BCUT2D eigenvalue weighted by atomic mass is 9.92. The van der Waals surface area contributed by atoms with Crippen LogP contribution in [0.2, 0.25) is 0 Å². The number of nitrogens with one attached hydrogen (secondary N) is 1. The molecule has 0 aliphatic heterocycles. The van der Waals surface area contributed by atoms with E-state index in [1.807, 2.05) is 20.8 Å². The van der Waals surface area contributed by atoms with E-state index in [2.05, 4.69) is 5.32 Å². The van der Waals surface area contributed by atoms with Crippen molar-refractivity contribution in [2.75, 3.05) is 6.54 Å². The van der Waals surface area contributed by atoms with Gasteiger partial charge in [0, 0.05) is 6.54 Å². The van der Waals surface area contributed by atoms with Gasteiger partial charge in [-0.15, -0.1) is 0 Å². The average Bonchev–Trinajstić information content (AvgIpc) is 2.79. The minimum absolute atomic E-state index is 0.170. The third kappa shape index (κ3) is 5.30. The third-order valence-electron chi connectivity index (χ3n) is 4.38. The van der Waals surface area contributed by atoms with Crippen molar-refractivity contribution in [3.8, 4) is 0 Å². The molecule has 0 aromatic heterocycles. The molecule has 4 atom stereocenters. The van der Waals surface area contributed by atoms with Crippen molar-refractivity contribution < 1.29 is 19.8 Å². The molecule has 0 heterocycles. The Labute approximate surface area is 127 Å². The van der Waals surface area contributed by atoms with Crippen LogP contribution in [0.4, 0.5) is 0 Å². The van der Waals surface area contributed by atoms with Crippen molar-refractivity contribution >= 4 is 11.9 Å². The molecule has 0 aromatic rings. The molecule has 122 valence electrons. The summed E-state index contributed by atoms with van der Waals surface area (Å²) in [6.45, 7) is 7.92. The van der Waals surface area contributed by atoms with E-state index in [-0.39, 0.29) is 12.5 Å². The summed E-state index contributed by atoms with van der Waals surface area (Å²) in [7, 11) is 0. The maximum absolute atomic E-state index is 12.3. The topological polar surface area (TPSA) is 86.6 Å². The van der Waals surface area contributed by atoms with Crippen LogP contribution in [0.1, 0.15) is 53.4 Å². The van der Waals surface area contributed by atoms with Crippen LogP contribution in [0.15, 0.2) is 0 Å². The Hall–Kier alpha value is -1.10. The minimum atomic E-state index is -0.953. The lowest BCUT2D eigenvalue weighted by molar-refractivity contribution is -0.146. The minimum Gasteiger partial charge on any atom is -0.481 e. The summed E-state index contributed by atoms with van der Waals surface area (Å²) in [5, 5.41) is 22.2. The van der Waals surface area contributed by atoms with Crippen LogP contribution in [0.3, 0.4) is 0 Å². The maximum atomic E-state index is 12.3. The molecule has 1 aliphatic carbocycles. The number of rotatable bonds is 7. The van der Waals surface area contributed by atoms with E-state index in [4.69, 9.17) is 0 Å². The number of carboxylic acids is 1. The molecule has 0 spiro atoms. The highest BCUT2D eigenvalue weighted by Gasteiger charge is 2.42. The largest absolute Gasteiger partial charge is 0.481 e. The summed E-state index contributed by atoms with van der Waals surface area (Å²) in [5.41, 5.74) is -0.953. The monoisotopic (exact) mass is 299 g/mol. The van der Waals surface area contributed by atoms with Gasteiger partial charge in [-0.3, -0.25) is 9.59 Å². The summed E-state index contributed by atoms with van der Waals surface area (Å²) in [6.07, 6.45) is 2.70. The molecular formula is C16H29NO4. The molecule has 0 bridgehead atoms. The van der Waals surface area contributed by atoms with Crippen molar-refractivity contribution in [3.63, 3.8) is 0 Å². The first kappa shape index (κ1) is 18.0. The Morgan fingerprint density at radius 2 is 1.86 bits per heavy atom. The fraction of sp³-hybridized carbons (Fsp3) is 0.875. The van der Waals surface area contributed by atoms with Crippen molar-refractivity contribution in [3.05, 3.63) is 0 Å². The van der Waals surface area contributed by atoms with E-state index in [0.717, 1.165) is 6.42 Å². The lowest BCUT2D eigenvalue weighted by Crippen LogP contribution is -2.44. The van der Waals surface area contributed by atoms with E-state index in [1.54, 1.807) is 6.92 Å². The fourth-order valence-corrected chi connectivity index (χ4v) is 3.40. The van der Waals surface area contributed by atoms with Crippen LogP contribution < -0.4 is 5.32 Å². The second-order valence-electron chi connectivity index (χ2n) is 7.11. The van der Waals surface area contributed by atoms with Gasteiger partial charge in [-0.25, -0.2) is 0 Å². The molecular weight excluding hydrogens is 270 g/mol. The van der Waals surface area contributed by atoms with Gasteiger partial charge >= 0.3 is 5.97 Å². The molecule has 1 saturated carbocycles. The Bertz CT molecular complexity index is 378. The standard InChI is InChI=1S/C16H29NO4/c1-5-11-6-12(13(7-11)15(19)20)14(18)17-9-16(4,21)8-10(2)3/h10-13,21H,5-9H2,1-4H3,(H,17,18)(H,19,20). The lowest BCUT2D eigenvalue weighted by Gasteiger charge is -2.26. The molecule has 21 heavy (non-hydrogen) atoms. The molecule has 5 nitrogen and oxygen atoms in total. The number of carbonyl (C=O) groups excluding carboxylic acids is 1. The zero-order valence-corrected chi connectivity index (χ0v) is 13.6. The van der Waals surface area contributed by atoms with Crippen LogP contribution in [0, 0.1) is 23.7 Å². The molecule has 0 aromatic carbocycles. The van der Waals surface area contributed by atoms with Crippen molar-refractivity contribution in [1.29, 1.82) is 0 Å². The number of aliphatic hydroxyl groups is 1. The van der Waals surface area contributed by atoms with E-state index in [1.165, 1.54) is 0 Å². The van der Waals surface area contributed by atoms with Gasteiger partial charge in [-0.2, -0.15) is 0 Å². The average molecular weight is 299 g/mol. The zero-order valence-electron chi connectivity index (χ0n) is 13.6. The van der Waals surface area contributed by atoms with Gasteiger partial charge in [0.2, 0.25) is 5.91 Å². The van der Waals surface area contributed by atoms with Gasteiger partial charge in [0.15, 0.2) is 0 Å². The predicted octanol–water partition coefficient (Wildman–Crippen LogP) is 2.04. The predicted molar refractivity (Wildman–Crippen MR) is 80.7 cm³/mol. The molecule has 1 amide bonds. The van der Waals surface area contributed by atoms with Crippen molar-refractivity contribution in [2.24, 2.45) is 23.7 Å². The van der Waals surface area contributed by atoms with Gasteiger partial charge in [0.25, 0.3) is 0 Å². The highest BCUT2D eigenvalue weighted by Crippen LogP contribution is 2.38. The second-order valence-corrected chi connectivity index (χ2v) is 7.11. The number of hydrogen-bond donors (Lipinski definition) is 3. The summed E-state index contributed by atoms with van der Waals surface area (Å²) in [5.74, 6) is -1.55. The third-order valence-corrected chi connectivity index (χ3v) is 4.38. The molecule has 4 unspecified atom stereocenters. The summed E-state index contributed by atoms with van der Waals surface area (Å²) in [4.78, 5) is 23.6. The number of hydrogen-bond acceptors (Lipinski definition) is 3. The Balaban J connectivity index is 2.59. The van der Waals surface area contributed by atoms with E-state index < -0.39 is 23.4 Å². The Morgan fingerprint density at radius 1 is 1.29 bits per heavy atom. The van der Waals surface area contributed by atoms with Crippen LogP contribution in [0.25, 0.3) is 0 Å². The van der Waals surface area contributed by atoms with E-state index in [9.17, 15) is 19.8 Å². The Morgan fingerprint density at radius 3 is 2.33 bits per heavy atom. The first-order valence-electron chi connectivity index (χ1n) is 7.89. The summed E-state index contributed by atoms with van der Waals surface area (Å²) < 4.78 is 0. The zero-order chi connectivity index (χ0) is 16.2. The van der Waals surface area contributed by atoms with E-state index in [0.29, 0.717) is 31.1 Å². The van der Waals surface area contributed by atoms with Gasteiger partial charge < -0.3 is 15.5 Å². The quantitative estimate of drug-likeness (QED) is 0.671. The van der Waals surface area contributed by atoms with E-state index >= 15 is 0 Å². The first-order chi connectivity index (χ1) is 9.66. The molecule has 1 aliphatic rings. The van der Waals surface area contributed by atoms with Gasteiger partial charge in [0.1, 0.15) is 0 Å². The molecule has 0 saturated heterocycles. The summed E-state index contributed by atoms with van der Waals surface area (Å²) in [6, 6.07) is 0. The van der Waals surface area contributed by atoms with Crippen molar-refractivity contribution in [2.45, 2.75) is 59.0 Å². The van der Waals surface area contributed by atoms with Gasteiger partial charge in [-0.1, -0.05) is 27.2 Å². The number of amides is 1. The molecule has 1 rings (SSSR count). The van der Waals surface area contributed by atoms with Gasteiger partial charge in [0.05, 0.1) is 17.4 Å². The number of carboxylic acid groups (broad SMARTS) is 1. The SMILES string of the molecule is CCC1CC(C(=O)O)C(C(=O)NCC(C)(O)CC(C)C)C1. The van der Waals surface area contributed by atoms with Gasteiger partial charge in [-0.05, 0) is 38.0 Å². The molecule has 1 fully saturated rings. The Kier molecular flexibility index (Phi) is 6.20. The smallest absolute Gasteiger partial charge is 0.307 e. The highest BCUT2D eigenvalue weighted by atomic mass is 16.4. The normalized spacial score (nSPS) is 28.4. The summed E-state index contributed by atoms with van der Waals surface area (Å²) >= 11 is 0. The number of carbonyl (C=O) groups is 2. The molecule has 3 N–H and O–H groups in total. The van der Waals surface area contributed by atoms with Crippen LogP contribution >= 0.6 is 0 Å². The number of aliphatic carboxylic acids is 1. The molecule has 0 radical (unpaired) electrons. The maximum Gasteiger partial charge on any atom is 0.307 e. The fourth-order valence-electron chi connectivity index (χ4n) is 3.40. The second kappa shape index (κ2) is 7.25.